The molecule has 2 heterocycles. The third-order valence-corrected chi connectivity index (χ3v) is 5.92. The molecule has 0 aliphatic carbocycles. The van der Waals surface area contributed by atoms with Crippen molar-refractivity contribution in [1.82, 2.24) is 15.2 Å². The lowest BCUT2D eigenvalue weighted by Crippen LogP contribution is -2.50. The van der Waals surface area contributed by atoms with Gasteiger partial charge in [-0.05, 0) is 42.8 Å². The van der Waals surface area contributed by atoms with E-state index in [1.54, 1.807) is 18.3 Å². The van der Waals surface area contributed by atoms with Crippen molar-refractivity contribution in [2.75, 3.05) is 42.9 Å². The van der Waals surface area contributed by atoms with Gasteiger partial charge in [0.05, 0.1) is 6.04 Å². The number of aromatic nitrogens is 1. The maximum Gasteiger partial charge on any atom is 0.313 e. The zero-order chi connectivity index (χ0) is 23.0. The molecule has 1 aliphatic heterocycles. The van der Waals surface area contributed by atoms with Crippen LogP contribution in [0.1, 0.15) is 17.2 Å². The summed E-state index contributed by atoms with van der Waals surface area (Å²) >= 11 is 0. The normalized spacial score (nSPS) is 15.0. The molecule has 2 amide bonds. The molecule has 1 fully saturated rings. The van der Waals surface area contributed by atoms with Gasteiger partial charge in [-0.15, -0.1) is 0 Å². The molecule has 7 heteroatoms. The van der Waals surface area contributed by atoms with Crippen LogP contribution in [0.25, 0.3) is 0 Å². The van der Waals surface area contributed by atoms with E-state index in [4.69, 9.17) is 0 Å². The third-order valence-electron chi connectivity index (χ3n) is 5.92. The second-order valence-corrected chi connectivity index (χ2v) is 8.19. The van der Waals surface area contributed by atoms with Crippen molar-refractivity contribution < 1.29 is 9.59 Å². The van der Waals surface area contributed by atoms with Gasteiger partial charge in [0, 0.05) is 56.5 Å². The Labute approximate surface area is 194 Å². The molecular weight excluding hydrogens is 414 g/mol. The van der Waals surface area contributed by atoms with Crippen LogP contribution in [0.4, 0.5) is 11.4 Å². The number of carbonyl (C=O) groups excluding carboxylic acids is 2. The van der Waals surface area contributed by atoms with Crippen LogP contribution in [-0.2, 0) is 9.59 Å². The lowest BCUT2D eigenvalue weighted by molar-refractivity contribution is -0.136. The summed E-state index contributed by atoms with van der Waals surface area (Å²) < 4.78 is 0. The van der Waals surface area contributed by atoms with Crippen molar-refractivity contribution in [2.24, 2.45) is 0 Å². The number of carbonyl (C=O) groups is 2. The molecule has 0 spiro atoms. The summed E-state index contributed by atoms with van der Waals surface area (Å²) in [6.07, 6.45) is 3.56. The highest BCUT2D eigenvalue weighted by Crippen LogP contribution is 2.23. The largest absolute Gasteiger partial charge is 0.369 e. The van der Waals surface area contributed by atoms with Gasteiger partial charge in [-0.25, -0.2) is 0 Å². The van der Waals surface area contributed by atoms with Crippen molar-refractivity contribution >= 4 is 23.2 Å². The van der Waals surface area contributed by atoms with Gasteiger partial charge in [-0.1, -0.05) is 42.0 Å². The predicted molar refractivity (Wildman–Crippen MR) is 130 cm³/mol. The third kappa shape index (κ3) is 5.96. The molecule has 33 heavy (non-hydrogen) atoms. The fourth-order valence-electron chi connectivity index (χ4n) is 4.06. The van der Waals surface area contributed by atoms with Crippen LogP contribution in [0.15, 0.2) is 79.1 Å². The molecule has 2 aromatic carbocycles. The molecule has 1 aromatic heterocycles. The highest BCUT2D eigenvalue weighted by atomic mass is 16.2. The minimum atomic E-state index is -0.669. The standard InChI is InChI=1S/C26H29N5O2/c1-20-9-11-22(12-10-20)29-26(33)25(32)28-19-24(21-6-5-13-27-18-21)31-16-14-30(15-17-31)23-7-3-2-4-8-23/h2-13,18,24H,14-17,19H2,1H3,(H,28,32)(H,29,33)/t24-/m0/s1. The smallest absolute Gasteiger partial charge is 0.313 e. The second-order valence-electron chi connectivity index (χ2n) is 8.19. The number of rotatable bonds is 6. The molecule has 0 unspecified atom stereocenters. The molecule has 4 rings (SSSR count). The van der Waals surface area contributed by atoms with Gasteiger partial charge in [-0.2, -0.15) is 0 Å². The molecule has 1 saturated heterocycles. The number of para-hydroxylation sites is 1. The molecule has 3 aromatic rings. The van der Waals surface area contributed by atoms with E-state index >= 15 is 0 Å². The number of aryl methyl sites for hydroxylation is 1. The number of anilines is 2. The first kappa shape index (κ1) is 22.5. The zero-order valence-corrected chi connectivity index (χ0v) is 18.8. The quantitative estimate of drug-likeness (QED) is 0.573. The number of hydrogen-bond donors (Lipinski definition) is 2. The van der Waals surface area contributed by atoms with E-state index in [1.165, 1.54) is 5.69 Å². The molecule has 2 N–H and O–H groups in total. The van der Waals surface area contributed by atoms with Crippen molar-refractivity contribution in [3.05, 3.63) is 90.3 Å². The Balaban J connectivity index is 1.38. The van der Waals surface area contributed by atoms with Crippen LogP contribution >= 0.6 is 0 Å². The molecule has 170 valence electrons. The van der Waals surface area contributed by atoms with Crippen LogP contribution in [0.3, 0.4) is 0 Å². The van der Waals surface area contributed by atoms with Crippen LogP contribution in [-0.4, -0.2) is 54.4 Å². The van der Waals surface area contributed by atoms with Gasteiger partial charge in [0.15, 0.2) is 0 Å². The van der Waals surface area contributed by atoms with E-state index in [-0.39, 0.29) is 6.04 Å². The molecule has 0 bridgehead atoms. The minimum Gasteiger partial charge on any atom is -0.369 e. The van der Waals surface area contributed by atoms with E-state index in [0.717, 1.165) is 37.3 Å². The predicted octanol–water partition coefficient (Wildman–Crippen LogP) is 3.01. The zero-order valence-electron chi connectivity index (χ0n) is 18.8. The number of amides is 2. The van der Waals surface area contributed by atoms with E-state index in [2.05, 4.69) is 49.7 Å². The second kappa shape index (κ2) is 10.7. The van der Waals surface area contributed by atoms with Gasteiger partial charge in [-0.3, -0.25) is 19.5 Å². The fraction of sp³-hybridized carbons (Fsp3) is 0.269. The number of nitrogens with one attached hydrogen (secondary N) is 2. The monoisotopic (exact) mass is 443 g/mol. The maximum atomic E-state index is 12.5. The van der Waals surface area contributed by atoms with Crippen LogP contribution in [0.5, 0.6) is 0 Å². The first-order chi connectivity index (χ1) is 16.1. The minimum absolute atomic E-state index is 0.0623. The topological polar surface area (TPSA) is 77.6 Å². The lowest BCUT2D eigenvalue weighted by atomic mass is 10.1. The van der Waals surface area contributed by atoms with E-state index in [0.29, 0.717) is 12.2 Å². The molecule has 0 saturated carbocycles. The van der Waals surface area contributed by atoms with Gasteiger partial charge >= 0.3 is 11.8 Å². The van der Waals surface area contributed by atoms with E-state index in [1.807, 2.05) is 43.5 Å². The van der Waals surface area contributed by atoms with Gasteiger partial charge in [0.2, 0.25) is 0 Å². The van der Waals surface area contributed by atoms with E-state index in [9.17, 15) is 9.59 Å². The molecule has 0 radical (unpaired) electrons. The Hall–Kier alpha value is -3.71. The lowest BCUT2D eigenvalue weighted by Gasteiger charge is -2.40. The summed E-state index contributed by atoms with van der Waals surface area (Å²) in [5.74, 6) is -1.31. The number of nitrogens with zero attached hydrogens (tertiary/aromatic N) is 3. The van der Waals surface area contributed by atoms with Gasteiger partial charge in [0.1, 0.15) is 0 Å². The molecular formula is C26H29N5O2. The Morgan fingerprint density at radius 3 is 2.30 bits per heavy atom. The van der Waals surface area contributed by atoms with Crippen molar-refractivity contribution in [2.45, 2.75) is 13.0 Å². The summed E-state index contributed by atoms with van der Waals surface area (Å²) in [7, 11) is 0. The highest BCUT2D eigenvalue weighted by Gasteiger charge is 2.26. The Kier molecular flexibility index (Phi) is 7.32. The summed E-state index contributed by atoms with van der Waals surface area (Å²) in [4.78, 5) is 33.8. The molecule has 1 aliphatic rings. The molecule has 1 atom stereocenters. The maximum absolute atomic E-state index is 12.5. The van der Waals surface area contributed by atoms with Crippen LogP contribution in [0, 0.1) is 6.92 Å². The highest BCUT2D eigenvalue weighted by molar-refractivity contribution is 6.39. The Morgan fingerprint density at radius 1 is 0.909 bits per heavy atom. The summed E-state index contributed by atoms with van der Waals surface area (Å²) in [6, 6.07) is 21.6. The SMILES string of the molecule is Cc1ccc(NC(=O)C(=O)NC[C@@H](c2cccnc2)N2CCN(c3ccccc3)CC2)cc1. The van der Waals surface area contributed by atoms with E-state index < -0.39 is 11.8 Å². The van der Waals surface area contributed by atoms with Crippen molar-refractivity contribution in [3.8, 4) is 0 Å². The van der Waals surface area contributed by atoms with Crippen molar-refractivity contribution in [3.63, 3.8) is 0 Å². The summed E-state index contributed by atoms with van der Waals surface area (Å²) in [5.41, 5.74) is 3.92. The molecule has 7 nitrogen and oxygen atoms in total. The van der Waals surface area contributed by atoms with Crippen LogP contribution in [0.2, 0.25) is 0 Å². The number of benzene rings is 2. The summed E-state index contributed by atoms with van der Waals surface area (Å²) in [5, 5.41) is 5.47. The Bertz CT molecular complexity index is 1050. The van der Waals surface area contributed by atoms with Gasteiger partial charge in [0.25, 0.3) is 0 Å². The summed E-state index contributed by atoms with van der Waals surface area (Å²) in [6.45, 7) is 5.78. The number of pyridine rings is 1. The average molecular weight is 444 g/mol. The first-order valence-corrected chi connectivity index (χ1v) is 11.2. The van der Waals surface area contributed by atoms with Crippen molar-refractivity contribution in [1.29, 1.82) is 0 Å². The average Bonchev–Trinajstić information content (AvgIpc) is 2.87. The fourth-order valence-corrected chi connectivity index (χ4v) is 4.06. The number of hydrogen-bond acceptors (Lipinski definition) is 5. The van der Waals surface area contributed by atoms with Crippen LogP contribution < -0.4 is 15.5 Å². The van der Waals surface area contributed by atoms with Gasteiger partial charge < -0.3 is 15.5 Å². The first-order valence-electron chi connectivity index (χ1n) is 11.2. The number of piperazine rings is 1. The Morgan fingerprint density at radius 2 is 1.64 bits per heavy atom.